The number of carbonyl (C=O) groups is 4. The number of ether oxygens (including phenoxy) is 4. The first-order valence-electron chi connectivity index (χ1n) is 42.3. The van der Waals surface area contributed by atoms with Crippen LogP contribution in [0, 0.1) is 41.5 Å². The van der Waals surface area contributed by atoms with Gasteiger partial charge in [-0.2, -0.15) is 20.4 Å². The molecule has 0 unspecified atom stereocenters. The Bertz CT molecular complexity index is 6740. The lowest BCUT2D eigenvalue weighted by Crippen LogP contribution is -2.38. The Morgan fingerprint density at radius 3 is 0.953 bits per heavy atom. The predicted octanol–water partition coefficient (Wildman–Crippen LogP) is 17.4. The van der Waals surface area contributed by atoms with E-state index in [1.165, 1.54) is 71.5 Å². The Morgan fingerprint density at radius 2 is 0.641 bits per heavy atom. The molecule has 8 N–H and O–H groups in total. The number of nitrogen functional groups attached to an aromatic ring is 4. The van der Waals surface area contributed by atoms with Crippen molar-refractivity contribution < 1.29 is 38.1 Å². The molecule has 4 aliphatic heterocycles. The molecule has 0 aliphatic carbocycles. The fourth-order valence-electron chi connectivity index (χ4n) is 18.8. The van der Waals surface area contributed by atoms with Crippen LogP contribution in [0.5, 0.6) is 23.0 Å². The molecule has 4 aromatic carbocycles. The Balaban J connectivity index is 0.000000120. The number of amides is 4. The standard InChI is InChI=1S/4C24H25N5O2S/c2*1-5-20(30)28-7-6-15(11-28)18-10-17(21-24(25)26-12-27-29(18)21)22-14(3)16-8-13(2)9-19(31-4)23(16)32-22;2*1-4-21(30)28-7-5-6-15(12-28)18-11-17(22-24(25)26-13-27-29(18)22)20-10-16-8-14(2)9-19(31-3)23(16)32-20/h2*5,8-10,12,15H,1,6-7,11H2,2-4H3,(H2,25,26,27);2*4,8-11,13,15H,1,5-7,12H2,2-3H3,(H2,25,26,27)/t4*15-/m1010/s1. The highest BCUT2D eigenvalue weighted by molar-refractivity contribution is 7.24. The maximum atomic E-state index is 12.2. The second kappa shape index (κ2) is 35.7. The van der Waals surface area contributed by atoms with Gasteiger partial charge in [-0.15, -0.1) is 45.3 Å². The maximum absolute atomic E-state index is 12.2. The van der Waals surface area contributed by atoms with Crippen LogP contribution in [0.2, 0.25) is 0 Å². The first-order chi connectivity index (χ1) is 61.8. The van der Waals surface area contributed by atoms with Crippen LogP contribution < -0.4 is 41.9 Å². The summed E-state index contributed by atoms with van der Waals surface area (Å²) in [6.45, 7) is 32.5. The Morgan fingerprint density at radius 1 is 0.359 bits per heavy atom. The molecule has 20 rings (SSSR count). The monoisotopic (exact) mass is 1790 g/mol. The molecule has 16 aromatic rings. The van der Waals surface area contributed by atoms with Crippen LogP contribution in [-0.4, -0.2) is 182 Å². The number of anilines is 4. The molecule has 4 atom stereocenters. The van der Waals surface area contributed by atoms with Gasteiger partial charge in [0.05, 0.1) is 47.2 Å². The number of aromatic nitrogens is 12. The third-order valence-corrected chi connectivity index (χ3v) is 30.0. The van der Waals surface area contributed by atoms with Gasteiger partial charge < -0.3 is 61.5 Å². The Labute approximate surface area is 755 Å². The van der Waals surface area contributed by atoms with Crippen molar-refractivity contribution >= 4 is 155 Å². The van der Waals surface area contributed by atoms with E-state index < -0.39 is 0 Å². The fraction of sp³-hybridized carbons (Fsp3) is 0.292. The van der Waals surface area contributed by atoms with E-state index in [-0.39, 0.29) is 47.3 Å². The third-order valence-electron chi connectivity index (χ3n) is 24.9. The molecule has 28 nitrogen and oxygen atoms in total. The highest BCUT2D eigenvalue weighted by Gasteiger charge is 2.36. The molecule has 32 heteroatoms. The van der Waals surface area contributed by atoms with E-state index in [0.717, 1.165) is 213 Å². The van der Waals surface area contributed by atoms with Gasteiger partial charge in [0.2, 0.25) is 23.6 Å². The number of hydrogen-bond donors (Lipinski definition) is 4. The smallest absolute Gasteiger partial charge is 0.245 e. The summed E-state index contributed by atoms with van der Waals surface area (Å²) in [5, 5.41) is 22.8. The fourth-order valence-corrected chi connectivity index (χ4v) is 23.7. The minimum Gasteiger partial charge on any atom is -0.495 e. The van der Waals surface area contributed by atoms with Gasteiger partial charge in [0.1, 0.15) is 70.4 Å². The average molecular weight is 1790 g/mol. The largest absolute Gasteiger partial charge is 0.495 e. The van der Waals surface area contributed by atoms with Gasteiger partial charge in [0, 0.05) is 151 Å². The molecule has 12 aromatic heterocycles. The first kappa shape index (κ1) is 86.6. The second-order valence-electron chi connectivity index (χ2n) is 32.9. The van der Waals surface area contributed by atoms with E-state index in [0.29, 0.717) is 62.5 Å². The molecule has 4 saturated heterocycles. The summed E-state index contributed by atoms with van der Waals surface area (Å²) in [6.07, 6.45) is 17.0. The molecule has 4 fully saturated rings. The van der Waals surface area contributed by atoms with E-state index in [9.17, 15) is 19.2 Å². The zero-order valence-corrected chi connectivity index (χ0v) is 76.4. The molecule has 0 saturated carbocycles. The second-order valence-corrected chi connectivity index (χ2v) is 37.1. The summed E-state index contributed by atoms with van der Waals surface area (Å²) < 4.78 is 34.6. The summed E-state index contributed by atoms with van der Waals surface area (Å²) in [4.78, 5) is 77.5. The lowest BCUT2D eigenvalue weighted by molar-refractivity contribution is -0.128. The zero-order chi connectivity index (χ0) is 89.9. The van der Waals surface area contributed by atoms with Gasteiger partial charge in [0.25, 0.3) is 0 Å². The number of benzene rings is 4. The summed E-state index contributed by atoms with van der Waals surface area (Å²) in [7, 11) is 6.81. The van der Waals surface area contributed by atoms with E-state index >= 15 is 0 Å². The Hall–Kier alpha value is -13.6. The van der Waals surface area contributed by atoms with Crippen molar-refractivity contribution in [2.24, 2.45) is 0 Å². The Kier molecular flexibility index (Phi) is 24.1. The highest BCUT2D eigenvalue weighted by Crippen LogP contribution is 2.51. The molecule has 128 heavy (non-hydrogen) atoms. The van der Waals surface area contributed by atoms with E-state index in [1.807, 2.05) is 37.7 Å². The quantitative estimate of drug-likeness (QED) is 0.0653. The number of nitrogens with zero attached hydrogens (tertiary/aromatic N) is 16. The molecule has 16 heterocycles. The van der Waals surface area contributed by atoms with Gasteiger partial charge in [-0.25, -0.2) is 38.0 Å². The van der Waals surface area contributed by atoms with E-state index in [2.05, 4.69) is 193 Å². The summed E-state index contributed by atoms with van der Waals surface area (Å²) in [5.74, 6) is 5.79. The van der Waals surface area contributed by atoms with Crippen LogP contribution in [0.4, 0.5) is 23.3 Å². The number of thiophene rings is 4. The third kappa shape index (κ3) is 15.9. The minimum atomic E-state index is -0.0365. The molecule has 656 valence electrons. The van der Waals surface area contributed by atoms with Crippen molar-refractivity contribution in [1.82, 2.24) is 78.0 Å². The van der Waals surface area contributed by atoms with Crippen molar-refractivity contribution in [3.05, 3.63) is 217 Å². The number of nitrogens with two attached hydrogens (primary N) is 4. The van der Waals surface area contributed by atoms with Gasteiger partial charge in [-0.05, 0) is 209 Å². The zero-order valence-electron chi connectivity index (χ0n) is 73.1. The van der Waals surface area contributed by atoms with Gasteiger partial charge in [0.15, 0.2) is 23.3 Å². The molecular weight excluding hydrogens is 1690 g/mol. The molecule has 0 spiro atoms. The van der Waals surface area contributed by atoms with Gasteiger partial charge in [-0.1, -0.05) is 50.6 Å². The number of fused-ring (bicyclic) bond motifs is 8. The minimum absolute atomic E-state index is 0.0307. The molecule has 4 amide bonds. The number of methoxy groups -OCH3 is 4. The van der Waals surface area contributed by atoms with Gasteiger partial charge >= 0.3 is 0 Å². The summed E-state index contributed by atoms with van der Waals surface area (Å²) in [5.41, 5.74) is 43.8. The van der Waals surface area contributed by atoms with Crippen LogP contribution in [0.15, 0.2) is 161 Å². The number of hydrogen-bond acceptors (Lipinski definition) is 24. The summed E-state index contributed by atoms with van der Waals surface area (Å²) >= 11 is 6.75. The molecular formula is C96H100N20O8S4. The van der Waals surface area contributed by atoms with Crippen molar-refractivity contribution in [3.63, 3.8) is 0 Å². The van der Waals surface area contributed by atoms with E-state index in [4.69, 9.17) is 41.9 Å². The highest BCUT2D eigenvalue weighted by atomic mass is 32.1. The lowest BCUT2D eigenvalue weighted by atomic mass is 9.94. The SMILES string of the molecule is C=CC(=O)N1CCC[C@@H](c2cc(-c3cc4cc(C)cc(OC)c4s3)c3c(N)ncnn23)C1.C=CC(=O)N1CCC[C@H](c2cc(-c3cc4cc(C)cc(OC)c4s3)c3c(N)ncnn23)C1.C=CC(=O)N1CC[C@@H](c2cc(-c3sc4c(OC)cc(C)cc4c3C)c3c(N)ncnn23)C1.C=CC(=O)N1CC[C@H](c2cc(-c3sc4c(OC)cc(C)cc4c3C)c3c(N)ncnn23)C1. The van der Waals surface area contributed by atoms with Crippen molar-refractivity contribution in [2.75, 3.05) is 104 Å². The number of carbonyl (C=O) groups excluding carboxylic acids is 4. The molecule has 0 bridgehead atoms. The number of piperidine rings is 2. The number of rotatable bonds is 16. The normalized spacial score (nSPS) is 16.4. The average Bonchev–Trinajstić information content (AvgIpc) is 1.59. The van der Waals surface area contributed by atoms with Crippen LogP contribution in [-0.2, 0) is 19.2 Å². The topological polar surface area (TPSA) is 343 Å². The van der Waals surface area contributed by atoms with Crippen molar-refractivity contribution in [3.8, 4) is 64.8 Å². The van der Waals surface area contributed by atoms with E-state index in [1.54, 1.807) is 73.8 Å². The number of likely N-dealkylation sites (tertiary alicyclic amines) is 4. The lowest BCUT2D eigenvalue weighted by Gasteiger charge is -2.31. The van der Waals surface area contributed by atoms with Crippen molar-refractivity contribution in [2.45, 2.75) is 104 Å². The van der Waals surface area contributed by atoms with Crippen LogP contribution in [0.3, 0.4) is 0 Å². The molecule has 0 radical (unpaired) electrons. The van der Waals surface area contributed by atoms with Crippen LogP contribution >= 0.6 is 45.3 Å². The van der Waals surface area contributed by atoms with Crippen LogP contribution in [0.25, 0.3) is 104 Å². The predicted molar refractivity (Wildman–Crippen MR) is 513 cm³/mol. The maximum Gasteiger partial charge on any atom is 0.245 e. The van der Waals surface area contributed by atoms with Gasteiger partial charge in [-0.3, -0.25) is 19.2 Å². The summed E-state index contributed by atoms with van der Waals surface area (Å²) in [6, 6.07) is 30.0. The van der Waals surface area contributed by atoms with Crippen molar-refractivity contribution in [1.29, 1.82) is 0 Å². The first-order valence-corrected chi connectivity index (χ1v) is 45.6. The van der Waals surface area contributed by atoms with Crippen LogP contribution in [0.1, 0.15) is 118 Å². The number of aryl methyl sites for hydroxylation is 6. The molecule has 4 aliphatic rings.